The number of thiocarbonyl (C=S) groups is 1. The molecule has 2 heterocycles. The minimum atomic E-state index is -0.762. The molecular weight excluding hydrogens is 330 g/mol. The number of benzene rings is 2. The average Bonchev–Trinajstić information content (AvgIpc) is 3.24. The summed E-state index contributed by atoms with van der Waals surface area (Å²) >= 11 is 5.68. The molecule has 0 saturated heterocycles. The molecule has 4 rings (SSSR count). The molecule has 0 aliphatic carbocycles. The first kappa shape index (κ1) is 15.8. The number of carboxylic acid groups (broad SMARTS) is 1. The molecule has 1 aromatic heterocycles. The van der Waals surface area contributed by atoms with Crippen LogP contribution in [0.2, 0.25) is 0 Å². The van der Waals surface area contributed by atoms with Crippen molar-refractivity contribution in [3.8, 4) is 11.1 Å². The number of aliphatic carboxylic acids is 1. The van der Waals surface area contributed by atoms with Crippen LogP contribution in [0, 0.1) is 0 Å². The van der Waals surface area contributed by atoms with Crippen LogP contribution >= 0.6 is 12.2 Å². The van der Waals surface area contributed by atoms with Gasteiger partial charge in [0, 0.05) is 12.2 Å². The van der Waals surface area contributed by atoms with Crippen LogP contribution in [0.15, 0.2) is 66.7 Å². The van der Waals surface area contributed by atoms with Gasteiger partial charge in [0.1, 0.15) is 0 Å². The molecule has 0 saturated carbocycles. The summed E-state index contributed by atoms with van der Waals surface area (Å²) in [6, 6.07) is 22.3. The van der Waals surface area contributed by atoms with Gasteiger partial charge in [-0.3, -0.25) is 4.79 Å². The summed E-state index contributed by atoms with van der Waals surface area (Å²) in [7, 11) is 0. The average molecular weight is 347 g/mol. The fraction of sp³-hybridized carbons (Fsp3) is 0.143. The Morgan fingerprint density at radius 3 is 2.32 bits per heavy atom. The van der Waals surface area contributed by atoms with Crippen LogP contribution in [0.5, 0.6) is 0 Å². The van der Waals surface area contributed by atoms with Gasteiger partial charge in [-0.05, 0) is 35.2 Å². The molecule has 1 aliphatic rings. The number of hydrogen-bond donors (Lipinski definition) is 1. The number of nitrogens with zero attached hydrogens (tertiary/aromatic N) is 1. The van der Waals surface area contributed by atoms with E-state index in [1.54, 1.807) is 0 Å². The summed E-state index contributed by atoms with van der Waals surface area (Å²) < 4.78 is 2.05. The first-order valence-corrected chi connectivity index (χ1v) is 8.68. The second kappa shape index (κ2) is 6.30. The molecule has 1 aliphatic heterocycles. The van der Waals surface area contributed by atoms with E-state index in [1.807, 2.05) is 47.0 Å². The smallest absolute Gasteiger partial charge is 0.312 e. The van der Waals surface area contributed by atoms with E-state index < -0.39 is 11.9 Å². The van der Waals surface area contributed by atoms with Crippen molar-refractivity contribution in [2.75, 3.05) is 0 Å². The standard InChI is InChI=1S/C21H17NO2S/c23-21(24)17-12-13-22-18(17)10-11-19(22)20(25)16-8-6-15(7-9-16)14-4-2-1-3-5-14/h1-11,17H,12-13H2,(H,23,24). The number of carbonyl (C=O) groups is 1. The third-order valence-electron chi connectivity index (χ3n) is 4.80. The van der Waals surface area contributed by atoms with Crippen molar-refractivity contribution < 1.29 is 9.90 Å². The number of hydrogen-bond acceptors (Lipinski definition) is 2. The van der Waals surface area contributed by atoms with Crippen LogP contribution in [0.1, 0.15) is 29.3 Å². The monoisotopic (exact) mass is 347 g/mol. The Balaban J connectivity index is 1.62. The van der Waals surface area contributed by atoms with E-state index >= 15 is 0 Å². The first-order valence-electron chi connectivity index (χ1n) is 8.27. The number of fused-ring (bicyclic) bond motifs is 1. The Labute approximate surface area is 151 Å². The van der Waals surface area contributed by atoms with Gasteiger partial charge in [-0.2, -0.15) is 0 Å². The Bertz CT molecular complexity index is 942. The lowest BCUT2D eigenvalue weighted by atomic mass is 10.0. The molecule has 1 atom stereocenters. The van der Waals surface area contributed by atoms with Crippen molar-refractivity contribution in [1.29, 1.82) is 0 Å². The van der Waals surface area contributed by atoms with Crippen LogP contribution in [0.4, 0.5) is 0 Å². The van der Waals surface area contributed by atoms with E-state index in [0.29, 0.717) is 13.0 Å². The molecule has 3 nitrogen and oxygen atoms in total. The topological polar surface area (TPSA) is 42.2 Å². The van der Waals surface area contributed by atoms with E-state index in [0.717, 1.165) is 27.4 Å². The quantitative estimate of drug-likeness (QED) is 0.558. The maximum atomic E-state index is 11.3. The molecule has 1 N–H and O–H groups in total. The Hall–Kier alpha value is -2.72. The van der Waals surface area contributed by atoms with Gasteiger partial charge in [-0.1, -0.05) is 66.8 Å². The SMILES string of the molecule is O=C(O)C1CCn2c(C(=S)c3ccc(-c4ccccc4)cc3)ccc21. The van der Waals surface area contributed by atoms with Crippen molar-refractivity contribution in [3.63, 3.8) is 0 Å². The molecule has 0 amide bonds. The fourth-order valence-electron chi connectivity index (χ4n) is 3.48. The molecule has 25 heavy (non-hydrogen) atoms. The number of aromatic nitrogens is 1. The van der Waals surface area contributed by atoms with Gasteiger partial charge in [0.05, 0.1) is 16.5 Å². The lowest BCUT2D eigenvalue weighted by Gasteiger charge is -2.09. The van der Waals surface area contributed by atoms with Gasteiger partial charge in [0.15, 0.2) is 0 Å². The highest BCUT2D eigenvalue weighted by atomic mass is 32.1. The lowest BCUT2D eigenvalue weighted by Crippen LogP contribution is -2.09. The molecule has 124 valence electrons. The summed E-state index contributed by atoms with van der Waals surface area (Å²) in [6.45, 7) is 0.705. The fourth-order valence-corrected chi connectivity index (χ4v) is 3.80. The summed E-state index contributed by atoms with van der Waals surface area (Å²) in [6.07, 6.45) is 0.633. The number of carboxylic acids is 1. The summed E-state index contributed by atoms with van der Waals surface area (Å²) in [5.74, 6) is -1.18. The van der Waals surface area contributed by atoms with Crippen LogP contribution in [-0.4, -0.2) is 20.5 Å². The molecule has 0 spiro atoms. The molecule has 3 aromatic rings. The second-order valence-corrected chi connectivity index (χ2v) is 6.66. The zero-order valence-electron chi connectivity index (χ0n) is 13.6. The van der Waals surface area contributed by atoms with Crippen molar-refractivity contribution in [3.05, 3.63) is 83.7 Å². The van der Waals surface area contributed by atoms with Crippen molar-refractivity contribution in [1.82, 2.24) is 4.57 Å². The van der Waals surface area contributed by atoms with E-state index in [-0.39, 0.29) is 0 Å². The van der Waals surface area contributed by atoms with Crippen molar-refractivity contribution >= 4 is 23.1 Å². The number of rotatable bonds is 4. The molecule has 0 radical (unpaired) electrons. The Kier molecular flexibility index (Phi) is 3.98. The van der Waals surface area contributed by atoms with Crippen LogP contribution in [0.25, 0.3) is 11.1 Å². The zero-order chi connectivity index (χ0) is 17.4. The van der Waals surface area contributed by atoms with Gasteiger partial charge in [0.25, 0.3) is 0 Å². The van der Waals surface area contributed by atoms with Gasteiger partial charge < -0.3 is 9.67 Å². The van der Waals surface area contributed by atoms with Crippen molar-refractivity contribution in [2.45, 2.75) is 18.9 Å². The molecule has 0 bridgehead atoms. The normalized spacial score (nSPS) is 15.8. The molecule has 2 aromatic carbocycles. The first-order chi connectivity index (χ1) is 12.1. The molecule has 4 heteroatoms. The Morgan fingerprint density at radius 1 is 0.960 bits per heavy atom. The van der Waals surface area contributed by atoms with Crippen molar-refractivity contribution in [2.24, 2.45) is 0 Å². The van der Waals surface area contributed by atoms with E-state index in [1.165, 1.54) is 5.56 Å². The van der Waals surface area contributed by atoms with Gasteiger partial charge >= 0.3 is 5.97 Å². The van der Waals surface area contributed by atoms with Crippen LogP contribution in [0.3, 0.4) is 0 Å². The van der Waals surface area contributed by atoms with Gasteiger partial charge in [-0.25, -0.2) is 0 Å². The maximum Gasteiger partial charge on any atom is 0.312 e. The second-order valence-electron chi connectivity index (χ2n) is 6.25. The van der Waals surface area contributed by atoms with E-state index in [9.17, 15) is 9.90 Å². The summed E-state index contributed by atoms with van der Waals surface area (Å²) in [5.41, 5.74) is 5.09. The largest absolute Gasteiger partial charge is 0.481 e. The van der Waals surface area contributed by atoms with Gasteiger partial charge in [-0.15, -0.1) is 0 Å². The minimum Gasteiger partial charge on any atom is -0.481 e. The van der Waals surface area contributed by atoms with Crippen LogP contribution in [-0.2, 0) is 11.3 Å². The molecular formula is C21H17NO2S. The highest BCUT2D eigenvalue weighted by Crippen LogP contribution is 2.32. The predicted molar refractivity (Wildman–Crippen MR) is 102 cm³/mol. The minimum absolute atomic E-state index is 0.419. The van der Waals surface area contributed by atoms with E-state index in [2.05, 4.69) is 24.3 Å². The lowest BCUT2D eigenvalue weighted by molar-refractivity contribution is -0.138. The maximum absolute atomic E-state index is 11.3. The van der Waals surface area contributed by atoms with E-state index in [4.69, 9.17) is 12.2 Å². The highest BCUT2D eigenvalue weighted by Gasteiger charge is 2.30. The Morgan fingerprint density at radius 2 is 1.64 bits per heavy atom. The molecule has 1 unspecified atom stereocenters. The van der Waals surface area contributed by atoms with Gasteiger partial charge in [0.2, 0.25) is 0 Å². The third-order valence-corrected chi connectivity index (χ3v) is 5.24. The zero-order valence-corrected chi connectivity index (χ0v) is 14.4. The highest BCUT2D eigenvalue weighted by molar-refractivity contribution is 7.81. The predicted octanol–water partition coefficient (Wildman–Crippen LogP) is 4.49. The summed E-state index contributed by atoms with van der Waals surface area (Å²) in [4.78, 5) is 12.1. The van der Waals surface area contributed by atoms with Crippen LogP contribution < -0.4 is 0 Å². The summed E-state index contributed by atoms with van der Waals surface area (Å²) in [5, 5.41) is 9.32. The molecule has 0 fully saturated rings. The third kappa shape index (κ3) is 2.79.